The van der Waals surface area contributed by atoms with Gasteiger partial charge in [-0.15, -0.1) is 0 Å². The van der Waals surface area contributed by atoms with Crippen molar-refractivity contribution in [3.05, 3.63) is 53.6 Å². The Labute approximate surface area is 161 Å². The Hall–Kier alpha value is -1.86. The van der Waals surface area contributed by atoms with Crippen molar-refractivity contribution in [3.63, 3.8) is 0 Å². The number of aryl methyl sites for hydroxylation is 1. The van der Waals surface area contributed by atoms with Crippen molar-refractivity contribution in [2.24, 2.45) is 0 Å². The van der Waals surface area contributed by atoms with Crippen molar-refractivity contribution in [2.45, 2.75) is 42.0 Å². The average molecular weight is 408 g/mol. The van der Waals surface area contributed by atoms with Crippen LogP contribution in [0.2, 0.25) is 0 Å². The highest BCUT2D eigenvalue weighted by Gasteiger charge is 2.29. The van der Waals surface area contributed by atoms with E-state index < -0.39 is 19.7 Å². The van der Waals surface area contributed by atoms with Crippen LogP contribution in [0.3, 0.4) is 0 Å². The van der Waals surface area contributed by atoms with E-state index in [-0.39, 0.29) is 15.8 Å². The normalized spacial score (nSPS) is 18.5. The van der Waals surface area contributed by atoms with Gasteiger partial charge in [-0.25, -0.2) is 16.8 Å². The third-order valence-electron chi connectivity index (χ3n) is 5.03. The summed E-state index contributed by atoms with van der Waals surface area (Å²) in [6.45, 7) is 2.77. The Bertz CT molecular complexity index is 1040. The molecule has 1 atom stereocenters. The van der Waals surface area contributed by atoms with Crippen molar-refractivity contribution in [3.8, 4) is 0 Å². The van der Waals surface area contributed by atoms with Crippen molar-refractivity contribution in [1.82, 2.24) is 0 Å². The summed E-state index contributed by atoms with van der Waals surface area (Å²) in [6, 6.07) is 12.8. The van der Waals surface area contributed by atoms with Gasteiger partial charge in [0.25, 0.3) is 0 Å². The Morgan fingerprint density at radius 3 is 2.15 bits per heavy atom. The second-order valence-corrected chi connectivity index (χ2v) is 11.3. The van der Waals surface area contributed by atoms with E-state index in [9.17, 15) is 16.8 Å². The summed E-state index contributed by atoms with van der Waals surface area (Å²) in [7, 11) is -7.07. The minimum Gasteiger partial charge on any atom is -0.363 e. The van der Waals surface area contributed by atoms with Crippen LogP contribution in [0.15, 0.2) is 52.3 Å². The van der Waals surface area contributed by atoms with Gasteiger partial charge in [0.15, 0.2) is 19.7 Å². The number of sulfone groups is 2. The first kappa shape index (κ1) is 19.9. The second kappa shape index (κ2) is 7.28. The van der Waals surface area contributed by atoms with Crippen molar-refractivity contribution in [1.29, 1.82) is 0 Å². The molecule has 0 aliphatic carbocycles. The van der Waals surface area contributed by atoms with E-state index in [4.69, 9.17) is 0 Å². The number of nitrogens with zero attached hydrogens (tertiary/aromatic N) is 1. The quantitative estimate of drug-likeness (QED) is 0.775. The monoisotopic (exact) mass is 407 g/mol. The molecule has 2 aromatic rings. The first-order chi connectivity index (χ1) is 12.6. The third kappa shape index (κ3) is 4.35. The molecule has 1 aliphatic heterocycles. The highest BCUT2D eigenvalue weighted by molar-refractivity contribution is 7.91. The largest absolute Gasteiger partial charge is 0.363 e. The molecule has 0 amide bonds. The molecule has 0 radical (unpaired) electrons. The Morgan fingerprint density at radius 2 is 1.56 bits per heavy atom. The molecular weight excluding hydrogens is 382 g/mol. The van der Waals surface area contributed by atoms with Crippen molar-refractivity contribution < 1.29 is 16.8 Å². The molecule has 5 nitrogen and oxygen atoms in total. The van der Waals surface area contributed by atoms with Crippen LogP contribution < -0.4 is 4.90 Å². The fourth-order valence-electron chi connectivity index (χ4n) is 3.61. The summed E-state index contributed by atoms with van der Waals surface area (Å²) < 4.78 is 48.7. The van der Waals surface area contributed by atoms with Gasteiger partial charge in [-0.1, -0.05) is 29.8 Å². The first-order valence-corrected chi connectivity index (χ1v) is 12.7. The number of piperidine rings is 1. The van der Waals surface area contributed by atoms with E-state index in [0.717, 1.165) is 43.9 Å². The smallest absolute Gasteiger partial charge is 0.177 e. The van der Waals surface area contributed by atoms with Crippen LogP contribution in [-0.4, -0.2) is 35.9 Å². The standard InChI is InChI=1S/C20H25NO4S2/c1-15-7-9-16(10-8-15)18-6-4-5-13-21(18)19-12-11-17(26(2,22)23)14-20(19)27(3,24)25/h7-12,14,18H,4-6,13H2,1-3H3/t18-/m0/s1. The molecule has 1 saturated heterocycles. The summed E-state index contributed by atoms with van der Waals surface area (Å²) >= 11 is 0. The minimum absolute atomic E-state index is 0.0237. The van der Waals surface area contributed by atoms with Gasteiger partial charge in [0, 0.05) is 19.1 Å². The molecule has 3 rings (SSSR count). The Balaban J connectivity index is 2.13. The fraction of sp³-hybridized carbons (Fsp3) is 0.400. The summed E-state index contributed by atoms with van der Waals surface area (Å²) in [5.41, 5.74) is 2.90. The van der Waals surface area contributed by atoms with Gasteiger partial charge >= 0.3 is 0 Å². The lowest BCUT2D eigenvalue weighted by atomic mass is 9.94. The average Bonchev–Trinajstić information content (AvgIpc) is 2.60. The van der Waals surface area contributed by atoms with Crippen molar-refractivity contribution >= 4 is 25.4 Å². The van der Waals surface area contributed by atoms with Crippen LogP contribution in [0.25, 0.3) is 0 Å². The van der Waals surface area contributed by atoms with Gasteiger partial charge in [0.1, 0.15) is 0 Å². The van der Waals surface area contributed by atoms with E-state index in [1.165, 1.54) is 17.7 Å². The van der Waals surface area contributed by atoms with Gasteiger partial charge in [0.05, 0.1) is 21.5 Å². The van der Waals surface area contributed by atoms with E-state index in [1.807, 2.05) is 6.92 Å². The lowest BCUT2D eigenvalue weighted by Crippen LogP contribution is -2.34. The van der Waals surface area contributed by atoms with E-state index in [2.05, 4.69) is 29.2 Å². The summed E-state index contributed by atoms with van der Waals surface area (Å²) in [5.74, 6) is 0. The van der Waals surface area contributed by atoms with Crippen molar-refractivity contribution in [2.75, 3.05) is 24.0 Å². The zero-order valence-corrected chi connectivity index (χ0v) is 17.5. The van der Waals surface area contributed by atoms with Crippen LogP contribution in [0.4, 0.5) is 5.69 Å². The third-order valence-corrected chi connectivity index (χ3v) is 7.27. The predicted octanol–water partition coefficient (Wildman–Crippen LogP) is 3.53. The number of rotatable bonds is 4. The second-order valence-electron chi connectivity index (χ2n) is 7.29. The molecule has 0 aromatic heterocycles. The zero-order chi connectivity index (χ0) is 19.8. The van der Waals surface area contributed by atoms with Crippen LogP contribution >= 0.6 is 0 Å². The number of benzene rings is 2. The highest BCUT2D eigenvalue weighted by atomic mass is 32.2. The molecule has 2 aromatic carbocycles. The Kier molecular flexibility index (Phi) is 5.36. The fourth-order valence-corrected chi connectivity index (χ4v) is 5.24. The number of hydrogen-bond donors (Lipinski definition) is 0. The maximum absolute atomic E-state index is 12.4. The molecule has 146 valence electrons. The van der Waals surface area contributed by atoms with Crippen LogP contribution in [0.1, 0.15) is 36.4 Å². The lowest BCUT2D eigenvalue weighted by Gasteiger charge is -2.39. The van der Waals surface area contributed by atoms with Gasteiger partial charge < -0.3 is 4.90 Å². The molecule has 27 heavy (non-hydrogen) atoms. The minimum atomic E-state index is -3.58. The van der Waals surface area contributed by atoms with Gasteiger partial charge in [-0.2, -0.15) is 0 Å². The number of anilines is 1. The molecule has 1 heterocycles. The summed E-state index contributed by atoms with van der Waals surface area (Å²) in [6.07, 6.45) is 5.19. The molecular formula is C20H25NO4S2. The molecule has 1 fully saturated rings. The van der Waals surface area contributed by atoms with E-state index in [1.54, 1.807) is 6.07 Å². The molecule has 0 saturated carbocycles. The SMILES string of the molecule is Cc1ccc([C@@H]2CCCCN2c2ccc(S(C)(=O)=O)cc2S(C)(=O)=O)cc1. The van der Waals surface area contributed by atoms with Crippen LogP contribution in [-0.2, 0) is 19.7 Å². The van der Waals surface area contributed by atoms with Gasteiger partial charge in [-0.05, 0) is 49.9 Å². The zero-order valence-electron chi connectivity index (χ0n) is 15.8. The molecule has 0 spiro atoms. The number of hydrogen-bond acceptors (Lipinski definition) is 5. The topological polar surface area (TPSA) is 71.5 Å². The maximum atomic E-state index is 12.4. The van der Waals surface area contributed by atoms with E-state index in [0.29, 0.717) is 5.69 Å². The van der Waals surface area contributed by atoms with Gasteiger partial charge in [0.2, 0.25) is 0 Å². The maximum Gasteiger partial charge on any atom is 0.177 e. The van der Waals surface area contributed by atoms with Gasteiger partial charge in [-0.3, -0.25) is 0 Å². The van der Waals surface area contributed by atoms with E-state index >= 15 is 0 Å². The summed E-state index contributed by atoms with van der Waals surface area (Å²) in [4.78, 5) is 2.20. The molecule has 0 bridgehead atoms. The summed E-state index contributed by atoms with van der Waals surface area (Å²) in [5, 5.41) is 0. The molecule has 0 unspecified atom stereocenters. The highest BCUT2D eigenvalue weighted by Crippen LogP contribution is 2.39. The predicted molar refractivity (Wildman–Crippen MR) is 108 cm³/mol. The van der Waals surface area contributed by atoms with Crippen LogP contribution in [0, 0.1) is 6.92 Å². The molecule has 0 N–H and O–H groups in total. The first-order valence-electron chi connectivity index (χ1n) is 8.95. The molecule has 7 heteroatoms. The van der Waals surface area contributed by atoms with Crippen LogP contribution in [0.5, 0.6) is 0 Å². The lowest BCUT2D eigenvalue weighted by molar-refractivity contribution is 0.470. The molecule has 1 aliphatic rings. The Morgan fingerprint density at radius 1 is 0.889 bits per heavy atom.